The molecule has 0 aromatic heterocycles. The Balaban J connectivity index is 2.86. The lowest BCUT2D eigenvalue weighted by atomic mass is 10.1. The molecule has 0 spiro atoms. The Morgan fingerprint density at radius 3 is 2.60 bits per heavy atom. The van der Waals surface area contributed by atoms with E-state index in [0.29, 0.717) is 6.07 Å². The smallest absolute Gasteiger partial charge is 0.345 e. The SMILES string of the molecule is CCOC(=O)C(F)c1ccc(F)c(F)c1. The van der Waals surface area contributed by atoms with Crippen LogP contribution in [0.3, 0.4) is 0 Å². The fourth-order valence-corrected chi connectivity index (χ4v) is 1.02. The van der Waals surface area contributed by atoms with Crippen LogP contribution in [0.25, 0.3) is 0 Å². The second-order valence-corrected chi connectivity index (χ2v) is 2.79. The summed E-state index contributed by atoms with van der Waals surface area (Å²) in [5.74, 6) is -3.39. The monoisotopic (exact) mass is 218 g/mol. The number of halogens is 3. The summed E-state index contributed by atoms with van der Waals surface area (Å²) in [4.78, 5) is 10.9. The molecule has 1 unspecified atom stereocenters. The van der Waals surface area contributed by atoms with Gasteiger partial charge in [-0.05, 0) is 19.1 Å². The molecule has 0 radical (unpaired) electrons. The molecule has 0 saturated carbocycles. The lowest BCUT2D eigenvalue weighted by molar-refractivity contribution is -0.149. The quantitative estimate of drug-likeness (QED) is 0.729. The van der Waals surface area contributed by atoms with Gasteiger partial charge in [0.05, 0.1) is 6.61 Å². The van der Waals surface area contributed by atoms with E-state index in [4.69, 9.17) is 0 Å². The summed E-state index contributed by atoms with van der Waals surface area (Å²) in [7, 11) is 0. The molecule has 0 saturated heterocycles. The van der Waals surface area contributed by atoms with E-state index < -0.39 is 23.8 Å². The van der Waals surface area contributed by atoms with E-state index in [1.165, 1.54) is 6.92 Å². The minimum Gasteiger partial charge on any atom is -0.464 e. The average molecular weight is 218 g/mol. The van der Waals surface area contributed by atoms with E-state index in [1.54, 1.807) is 0 Å². The zero-order valence-corrected chi connectivity index (χ0v) is 7.97. The van der Waals surface area contributed by atoms with Crippen molar-refractivity contribution in [1.29, 1.82) is 0 Å². The molecule has 1 atom stereocenters. The minimum atomic E-state index is -2.08. The van der Waals surface area contributed by atoms with Gasteiger partial charge in [-0.25, -0.2) is 18.0 Å². The highest BCUT2D eigenvalue weighted by molar-refractivity contribution is 5.76. The van der Waals surface area contributed by atoms with Crippen LogP contribution in [0.4, 0.5) is 13.2 Å². The highest BCUT2D eigenvalue weighted by atomic mass is 19.2. The largest absolute Gasteiger partial charge is 0.464 e. The van der Waals surface area contributed by atoms with Crippen molar-refractivity contribution in [3.63, 3.8) is 0 Å². The Hall–Kier alpha value is -1.52. The second kappa shape index (κ2) is 4.82. The van der Waals surface area contributed by atoms with E-state index >= 15 is 0 Å². The van der Waals surface area contributed by atoms with Crippen LogP contribution in [-0.4, -0.2) is 12.6 Å². The van der Waals surface area contributed by atoms with Crippen molar-refractivity contribution in [2.45, 2.75) is 13.1 Å². The molecule has 82 valence electrons. The van der Waals surface area contributed by atoms with Gasteiger partial charge < -0.3 is 4.74 Å². The zero-order chi connectivity index (χ0) is 11.4. The van der Waals surface area contributed by atoms with E-state index in [0.717, 1.165) is 12.1 Å². The van der Waals surface area contributed by atoms with Crippen LogP contribution in [0.15, 0.2) is 18.2 Å². The molecule has 0 aliphatic heterocycles. The lowest BCUT2D eigenvalue weighted by Gasteiger charge is -2.07. The normalized spacial score (nSPS) is 12.3. The van der Waals surface area contributed by atoms with Gasteiger partial charge >= 0.3 is 5.97 Å². The summed E-state index contributed by atoms with van der Waals surface area (Å²) in [6.45, 7) is 1.55. The number of alkyl halides is 1. The number of hydrogen-bond donors (Lipinski definition) is 0. The van der Waals surface area contributed by atoms with Crippen molar-refractivity contribution in [2.75, 3.05) is 6.61 Å². The zero-order valence-electron chi connectivity index (χ0n) is 7.97. The molecule has 15 heavy (non-hydrogen) atoms. The van der Waals surface area contributed by atoms with Crippen molar-refractivity contribution >= 4 is 5.97 Å². The minimum absolute atomic E-state index is 0.0307. The molecule has 0 fully saturated rings. The molecule has 1 rings (SSSR count). The first-order valence-corrected chi connectivity index (χ1v) is 4.32. The van der Waals surface area contributed by atoms with Gasteiger partial charge in [-0.3, -0.25) is 0 Å². The summed E-state index contributed by atoms with van der Waals surface area (Å²) in [6, 6.07) is 2.40. The molecule has 0 aliphatic rings. The fourth-order valence-electron chi connectivity index (χ4n) is 1.02. The number of hydrogen-bond acceptors (Lipinski definition) is 2. The predicted octanol–water partition coefficient (Wildman–Crippen LogP) is 2.54. The van der Waals surface area contributed by atoms with Crippen LogP contribution in [0.5, 0.6) is 0 Å². The summed E-state index contributed by atoms with van der Waals surface area (Å²) in [6.07, 6.45) is -2.08. The van der Waals surface area contributed by atoms with Crippen molar-refractivity contribution in [2.24, 2.45) is 0 Å². The Morgan fingerprint density at radius 1 is 1.40 bits per heavy atom. The number of benzene rings is 1. The number of carbonyl (C=O) groups excluding carboxylic acids is 1. The second-order valence-electron chi connectivity index (χ2n) is 2.79. The predicted molar refractivity (Wildman–Crippen MR) is 46.8 cm³/mol. The van der Waals surface area contributed by atoms with Crippen molar-refractivity contribution < 1.29 is 22.7 Å². The van der Waals surface area contributed by atoms with E-state index in [2.05, 4.69) is 4.74 Å². The Bertz CT molecular complexity index is 366. The van der Waals surface area contributed by atoms with Gasteiger partial charge in [0, 0.05) is 5.56 Å². The third-order valence-corrected chi connectivity index (χ3v) is 1.73. The summed E-state index contributed by atoms with van der Waals surface area (Å²) >= 11 is 0. The Kier molecular flexibility index (Phi) is 3.71. The van der Waals surface area contributed by atoms with Gasteiger partial charge in [0.2, 0.25) is 6.17 Å². The van der Waals surface area contributed by atoms with Crippen LogP contribution in [0, 0.1) is 11.6 Å². The van der Waals surface area contributed by atoms with Gasteiger partial charge in [-0.15, -0.1) is 0 Å². The topological polar surface area (TPSA) is 26.3 Å². The highest BCUT2D eigenvalue weighted by Crippen LogP contribution is 2.20. The van der Waals surface area contributed by atoms with Crippen LogP contribution < -0.4 is 0 Å². The highest BCUT2D eigenvalue weighted by Gasteiger charge is 2.21. The maximum Gasteiger partial charge on any atom is 0.345 e. The Morgan fingerprint density at radius 2 is 2.07 bits per heavy atom. The molecular weight excluding hydrogens is 209 g/mol. The maximum atomic E-state index is 13.3. The fraction of sp³-hybridized carbons (Fsp3) is 0.300. The Labute approximate surface area is 84.7 Å². The summed E-state index contributed by atoms with van der Waals surface area (Å²) in [5.41, 5.74) is -0.257. The van der Waals surface area contributed by atoms with E-state index in [1.807, 2.05) is 0 Å². The number of rotatable bonds is 3. The van der Waals surface area contributed by atoms with Crippen LogP contribution in [0.1, 0.15) is 18.7 Å². The van der Waals surface area contributed by atoms with Crippen molar-refractivity contribution in [1.82, 2.24) is 0 Å². The van der Waals surface area contributed by atoms with Gasteiger partial charge in [-0.2, -0.15) is 0 Å². The first-order valence-electron chi connectivity index (χ1n) is 4.32. The van der Waals surface area contributed by atoms with Crippen molar-refractivity contribution in [3.05, 3.63) is 35.4 Å². The third-order valence-electron chi connectivity index (χ3n) is 1.73. The summed E-state index contributed by atoms with van der Waals surface area (Å²) < 4.78 is 42.9. The molecule has 2 nitrogen and oxygen atoms in total. The van der Waals surface area contributed by atoms with E-state index in [9.17, 15) is 18.0 Å². The first-order chi connectivity index (χ1) is 7.06. The molecule has 0 bridgehead atoms. The molecule has 5 heteroatoms. The summed E-state index contributed by atoms with van der Waals surface area (Å²) in [5, 5.41) is 0. The number of esters is 1. The van der Waals surface area contributed by atoms with Gasteiger partial charge in [-0.1, -0.05) is 6.07 Å². The van der Waals surface area contributed by atoms with Gasteiger partial charge in [0.1, 0.15) is 0 Å². The third kappa shape index (κ3) is 2.71. The molecule has 1 aromatic carbocycles. The first kappa shape index (κ1) is 11.6. The number of carbonyl (C=O) groups is 1. The van der Waals surface area contributed by atoms with Gasteiger partial charge in [0.15, 0.2) is 11.6 Å². The number of ether oxygens (including phenoxy) is 1. The van der Waals surface area contributed by atoms with Crippen LogP contribution in [-0.2, 0) is 9.53 Å². The van der Waals surface area contributed by atoms with Crippen LogP contribution >= 0.6 is 0 Å². The van der Waals surface area contributed by atoms with Crippen LogP contribution in [0.2, 0.25) is 0 Å². The molecule has 0 amide bonds. The van der Waals surface area contributed by atoms with E-state index in [-0.39, 0.29) is 12.2 Å². The molecule has 0 heterocycles. The molecular formula is C10H9F3O2. The maximum absolute atomic E-state index is 13.3. The average Bonchev–Trinajstić information content (AvgIpc) is 2.21. The lowest BCUT2D eigenvalue weighted by Crippen LogP contribution is -2.12. The van der Waals surface area contributed by atoms with Gasteiger partial charge in [0.25, 0.3) is 0 Å². The molecule has 0 aliphatic carbocycles. The van der Waals surface area contributed by atoms with Crippen molar-refractivity contribution in [3.8, 4) is 0 Å². The standard InChI is InChI=1S/C10H9F3O2/c1-2-15-10(14)9(13)6-3-4-7(11)8(12)5-6/h3-5,9H,2H2,1H3. The molecule has 1 aromatic rings. The molecule has 0 N–H and O–H groups in total.